The lowest BCUT2D eigenvalue weighted by atomic mass is 10.1. The number of pyridine rings is 1. The molecule has 0 spiro atoms. The van der Waals surface area contributed by atoms with Crippen molar-refractivity contribution >= 4 is 22.7 Å². The second-order valence-electron chi connectivity index (χ2n) is 7.95. The monoisotopic (exact) mass is 430 g/mol. The predicted octanol–water partition coefficient (Wildman–Crippen LogP) is 4.85. The molecule has 1 saturated heterocycles. The largest absolute Gasteiger partial charge is 0.379 e. The number of benzene rings is 2. The zero-order chi connectivity index (χ0) is 21.0. The summed E-state index contributed by atoms with van der Waals surface area (Å²) in [5.41, 5.74) is 5.85. The highest BCUT2D eigenvalue weighted by molar-refractivity contribution is 7.98. The molecule has 0 N–H and O–H groups in total. The molecule has 3 heterocycles. The summed E-state index contributed by atoms with van der Waals surface area (Å²) >= 11 is 1.86. The van der Waals surface area contributed by atoms with Gasteiger partial charge in [0.05, 0.1) is 30.8 Å². The second-order valence-corrected chi connectivity index (χ2v) is 8.96. The number of hydrogen-bond donors (Lipinski definition) is 0. The summed E-state index contributed by atoms with van der Waals surface area (Å²) in [6.45, 7) is 6.57. The van der Waals surface area contributed by atoms with Crippen LogP contribution in [0.4, 0.5) is 0 Å². The highest BCUT2D eigenvalue weighted by Gasteiger charge is 2.12. The number of hydrogen-bond acceptors (Lipinski definition) is 5. The first-order chi connectivity index (χ1) is 15.2. The molecule has 0 bridgehead atoms. The van der Waals surface area contributed by atoms with Gasteiger partial charge in [-0.25, -0.2) is 4.98 Å². The van der Waals surface area contributed by atoms with Gasteiger partial charge in [0.15, 0.2) is 0 Å². The Labute approximate surface area is 187 Å². The first-order valence-electron chi connectivity index (χ1n) is 10.6. The van der Waals surface area contributed by atoms with Crippen LogP contribution in [0.25, 0.3) is 16.6 Å². The standard InChI is InChI=1S/C25H26N4OS/c1-19-2-7-23-24(14-19)26-9-8-25(23)31-17-20-3-5-22(6-4-20)29-16-21(27-18-29)15-28-10-12-30-13-11-28/h2-9,14,16,18H,10-13,15,17H2,1H3. The van der Waals surface area contributed by atoms with Crippen LogP contribution in [0.2, 0.25) is 0 Å². The summed E-state index contributed by atoms with van der Waals surface area (Å²) < 4.78 is 7.53. The van der Waals surface area contributed by atoms with Crippen LogP contribution in [0.3, 0.4) is 0 Å². The third kappa shape index (κ3) is 4.82. The van der Waals surface area contributed by atoms with Gasteiger partial charge in [-0.2, -0.15) is 0 Å². The maximum atomic E-state index is 5.42. The van der Waals surface area contributed by atoms with Gasteiger partial charge in [-0.05, 0) is 42.3 Å². The molecular weight excluding hydrogens is 404 g/mol. The van der Waals surface area contributed by atoms with Crippen molar-refractivity contribution in [1.82, 2.24) is 19.4 Å². The van der Waals surface area contributed by atoms with Crippen molar-refractivity contribution < 1.29 is 4.74 Å². The molecule has 0 saturated carbocycles. The summed E-state index contributed by atoms with van der Waals surface area (Å²) in [6.07, 6.45) is 5.94. The lowest BCUT2D eigenvalue weighted by molar-refractivity contribution is 0.0337. The zero-order valence-corrected chi connectivity index (χ0v) is 18.5. The summed E-state index contributed by atoms with van der Waals surface area (Å²) in [5.74, 6) is 0.930. The maximum Gasteiger partial charge on any atom is 0.0995 e. The van der Waals surface area contributed by atoms with Gasteiger partial charge in [0.1, 0.15) is 0 Å². The topological polar surface area (TPSA) is 43.2 Å². The highest BCUT2D eigenvalue weighted by atomic mass is 32.2. The third-order valence-corrected chi connectivity index (χ3v) is 6.76. The number of thioether (sulfide) groups is 1. The lowest BCUT2D eigenvalue weighted by Gasteiger charge is -2.25. The van der Waals surface area contributed by atoms with Gasteiger partial charge in [-0.3, -0.25) is 9.88 Å². The average molecular weight is 431 g/mol. The molecule has 0 atom stereocenters. The van der Waals surface area contributed by atoms with Crippen molar-refractivity contribution in [2.45, 2.75) is 24.1 Å². The van der Waals surface area contributed by atoms with Gasteiger partial charge in [0.25, 0.3) is 0 Å². The summed E-state index contributed by atoms with van der Waals surface area (Å²) in [4.78, 5) is 12.8. The SMILES string of the molecule is Cc1ccc2c(SCc3ccc(-n4cnc(CN5CCOCC5)c4)cc3)ccnc2c1. The minimum absolute atomic E-state index is 0.815. The van der Waals surface area contributed by atoms with Crippen molar-refractivity contribution in [3.63, 3.8) is 0 Å². The quantitative estimate of drug-likeness (QED) is 0.409. The molecule has 6 heteroatoms. The van der Waals surface area contributed by atoms with Gasteiger partial charge in [-0.15, -0.1) is 11.8 Å². The number of morpholine rings is 1. The molecule has 0 aliphatic carbocycles. The van der Waals surface area contributed by atoms with E-state index in [1.54, 1.807) is 0 Å². The molecule has 0 amide bonds. The Morgan fingerprint density at radius 3 is 2.68 bits per heavy atom. The van der Waals surface area contributed by atoms with Crippen molar-refractivity contribution in [2.75, 3.05) is 26.3 Å². The van der Waals surface area contributed by atoms with E-state index in [1.807, 2.05) is 24.3 Å². The molecule has 0 unspecified atom stereocenters. The van der Waals surface area contributed by atoms with Crippen LogP contribution in [-0.4, -0.2) is 45.7 Å². The number of rotatable bonds is 6. The van der Waals surface area contributed by atoms with E-state index < -0.39 is 0 Å². The van der Waals surface area contributed by atoms with Crippen molar-refractivity contribution in [1.29, 1.82) is 0 Å². The molecule has 1 aliphatic rings. The van der Waals surface area contributed by atoms with E-state index in [9.17, 15) is 0 Å². The molecule has 4 aromatic rings. The Hall–Kier alpha value is -2.67. The molecular formula is C25H26N4OS. The first-order valence-corrected chi connectivity index (χ1v) is 11.6. The Bertz CT molecular complexity index is 1170. The molecule has 1 aliphatic heterocycles. The summed E-state index contributed by atoms with van der Waals surface area (Å²) in [7, 11) is 0. The molecule has 158 valence electrons. The number of imidazole rings is 1. The molecule has 5 rings (SSSR count). The molecule has 0 radical (unpaired) electrons. The van der Waals surface area contributed by atoms with E-state index in [0.29, 0.717) is 0 Å². The fraction of sp³-hybridized carbons (Fsp3) is 0.280. The van der Waals surface area contributed by atoms with E-state index in [2.05, 4.69) is 81.1 Å². The Kier molecular flexibility index (Phi) is 6.02. The number of nitrogens with zero attached hydrogens (tertiary/aromatic N) is 4. The van der Waals surface area contributed by atoms with E-state index >= 15 is 0 Å². The Balaban J connectivity index is 1.24. The molecule has 2 aromatic carbocycles. The fourth-order valence-electron chi connectivity index (χ4n) is 3.86. The Morgan fingerprint density at radius 1 is 1.00 bits per heavy atom. The van der Waals surface area contributed by atoms with E-state index in [4.69, 9.17) is 4.74 Å². The van der Waals surface area contributed by atoms with Gasteiger partial charge >= 0.3 is 0 Å². The Morgan fingerprint density at radius 2 is 1.84 bits per heavy atom. The smallest absolute Gasteiger partial charge is 0.0995 e. The van der Waals surface area contributed by atoms with Crippen molar-refractivity contribution in [3.05, 3.63) is 84.1 Å². The minimum Gasteiger partial charge on any atom is -0.379 e. The van der Waals surface area contributed by atoms with E-state index in [-0.39, 0.29) is 0 Å². The zero-order valence-electron chi connectivity index (χ0n) is 17.7. The minimum atomic E-state index is 0.815. The van der Waals surface area contributed by atoms with E-state index in [0.717, 1.165) is 55.5 Å². The van der Waals surface area contributed by atoms with Crippen LogP contribution < -0.4 is 0 Å². The highest BCUT2D eigenvalue weighted by Crippen LogP contribution is 2.30. The molecule has 31 heavy (non-hydrogen) atoms. The van der Waals surface area contributed by atoms with Crippen LogP contribution in [0, 0.1) is 6.92 Å². The van der Waals surface area contributed by atoms with Crippen molar-refractivity contribution in [3.8, 4) is 5.69 Å². The van der Waals surface area contributed by atoms with Gasteiger partial charge in [0, 0.05) is 53.7 Å². The van der Waals surface area contributed by atoms with Gasteiger partial charge < -0.3 is 9.30 Å². The normalized spacial score (nSPS) is 14.9. The lowest BCUT2D eigenvalue weighted by Crippen LogP contribution is -2.35. The number of ether oxygens (including phenoxy) is 1. The molecule has 2 aromatic heterocycles. The molecule has 5 nitrogen and oxygen atoms in total. The number of aryl methyl sites for hydroxylation is 1. The van der Waals surface area contributed by atoms with Crippen LogP contribution in [-0.2, 0) is 17.0 Å². The van der Waals surface area contributed by atoms with Crippen LogP contribution in [0.5, 0.6) is 0 Å². The predicted molar refractivity (Wildman–Crippen MR) is 126 cm³/mol. The van der Waals surface area contributed by atoms with Crippen LogP contribution in [0.15, 0.2) is 72.1 Å². The average Bonchev–Trinajstić information content (AvgIpc) is 3.27. The van der Waals surface area contributed by atoms with E-state index in [1.165, 1.54) is 21.4 Å². The van der Waals surface area contributed by atoms with Gasteiger partial charge in [0.2, 0.25) is 0 Å². The summed E-state index contributed by atoms with van der Waals surface area (Å²) in [5, 5.41) is 1.22. The molecule has 1 fully saturated rings. The maximum absolute atomic E-state index is 5.42. The van der Waals surface area contributed by atoms with Crippen LogP contribution >= 0.6 is 11.8 Å². The van der Waals surface area contributed by atoms with Crippen molar-refractivity contribution in [2.24, 2.45) is 0 Å². The first kappa shape index (κ1) is 20.2. The third-order valence-electron chi connectivity index (χ3n) is 5.61. The fourth-order valence-corrected chi connectivity index (χ4v) is 4.86. The second kappa shape index (κ2) is 9.22. The summed E-state index contributed by atoms with van der Waals surface area (Å²) in [6, 6.07) is 17.3. The van der Waals surface area contributed by atoms with Crippen LogP contribution in [0.1, 0.15) is 16.8 Å². The van der Waals surface area contributed by atoms with Gasteiger partial charge in [-0.1, -0.05) is 24.3 Å². The number of aromatic nitrogens is 3. The number of fused-ring (bicyclic) bond motifs is 1.